The van der Waals surface area contributed by atoms with Gasteiger partial charge in [0.1, 0.15) is 11.5 Å². The smallest absolute Gasteiger partial charge is 0.338 e. The normalized spacial score (nSPS) is 10.4. The standard InChI is InChI=1S/C14H14N2O5/c1-9-3-5-11(21-9)8-15(2)13-6-4-10(16(19)20)7-12(13)14(17)18/h3-7H,8H2,1-2H3,(H,17,18). The molecule has 0 spiro atoms. The first-order valence-electron chi connectivity index (χ1n) is 6.16. The number of carboxylic acids is 1. The van der Waals surface area contributed by atoms with Crippen LogP contribution in [-0.4, -0.2) is 23.0 Å². The molecule has 0 saturated heterocycles. The number of aryl methyl sites for hydroxylation is 1. The van der Waals surface area contributed by atoms with E-state index in [1.165, 1.54) is 12.1 Å². The highest BCUT2D eigenvalue weighted by Gasteiger charge is 2.19. The van der Waals surface area contributed by atoms with Gasteiger partial charge < -0.3 is 14.4 Å². The number of benzene rings is 1. The minimum atomic E-state index is -1.21. The number of carboxylic acid groups (broad SMARTS) is 1. The van der Waals surface area contributed by atoms with Crippen LogP contribution in [0.25, 0.3) is 0 Å². The van der Waals surface area contributed by atoms with E-state index >= 15 is 0 Å². The summed E-state index contributed by atoms with van der Waals surface area (Å²) in [5.74, 6) is 0.237. The second-order valence-electron chi connectivity index (χ2n) is 4.63. The molecule has 0 aliphatic heterocycles. The first-order valence-corrected chi connectivity index (χ1v) is 6.16. The molecule has 2 aromatic rings. The van der Waals surface area contributed by atoms with Crippen LogP contribution < -0.4 is 4.90 Å². The lowest BCUT2D eigenvalue weighted by Gasteiger charge is -2.19. The molecule has 1 aromatic heterocycles. The fraction of sp³-hybridized carbons (Fsp3) is 0.214. The zero-order chi connectivity index (χ0) is 15.6. The number of nitro groups is 1. The van der Waals surface area contributed by atoms with Gasteiger partial charge in [0, 0.05) is 19.2 Å². The summed E-state index contributed by atoms with van der Waals surface area (Å²) >= 11 is 0. The van der Waals surface area contributed by atoms with Crippen LogP contribution in [0, 0.1) is 17.0 Å². The molecule has 21 heavy (non-hydrogen) atoms. The second-order valence-corrected chi connectivity index (χ2v) is 4.63. The van der Waals surface area contributed by atoms with Crippen molar-refractivity contribution in [2.45, 2.75) is 13.5 Å². The zero-order valence-electron chi connectivity index (χ0n) is 11.6. The molecule has 0 fully saturated rings. The first kappa shape index (κ1) is 14.6. The highest BCUT2D eigenvalue weighted by atomic mass is 16.6. The number of nitro benzene ring substituents is 1. The maximum Gasteiger partial charge on any atom is 0.338 e. The van der Waals surface area contributed by atoms with E-state index in [-0.39, 0.29) is 11.3 Å². The van der Waals surface area contributed by atoms with Crippen LogP contribution in [0.2, 0.25) is 0 Å². The van der Waals surface area contributed by atoms with Crippen molar-refractivity contribution < 1.29 is 19.2 Å². The Bertz CT molecular complexity index is 692. The van der Waals surface area contributed by atoms with Gasteiger partial charge >= 0.3 is 5.97 Å². The van der Waals surface area contributed by atoms with Crippen LogP contribution in [0.4, 0.5) is 11.4 Å². The molecule has 0 aliphatic rings. The van der Waals surface area contributed by atoms with Gasteiger partial charge in [0.2, 0.25) is 0 Å². The Kier molecular flexibility index (Phi) is 3.93. The van der Waals surface area contributed by atoms with E-state index in [9.17, 15) is 20.0 Å². The fourth-order valence-electron chi connectivity index (χ4n) is 2.03. The fourth-order valence-corrected chi connectivity index (χ4v) is 2.03. The van der Waals surface area contributed by atoms with Crippen molar-refractivity contribution in [3.8, 4) is 0 Å². The highest BCUT2D eigenvalue weighted by Crippen LogP contribution is 2.26. The number of non-ortho nitro benzene ring substituents is 1. The van der Waals surface area contributed by atoms with E-state index in [1.807, 2.05) is 13.0 Å². The maximum absolute atomic E-state index is 11.3. The molecule has 0 aliphatic carbocycles. The lowest BCUT2D eigenvalue weighted by Crippen LogP contribution is -2.19. The third kappa shape index (κ3) is 3.19. The van der Waals surface area contributed by atoms with Crippen LogP contribution in [0.15, 0.2) is 34.7 Å². The SMILES string of the molecule is Cc1ccc(CN(C)c2ccc([N+](=O)[O-])cc2C(=O)O)o1. The number of nitrogens with zero attached hydrogens (tertiary/aromatic N) is 2. The van der Waals surface area contributed by atoms with Crippen LogP contribution in [-0.2, 0) is 6.54 Å². The minimum Gasteiger partial charge on any atom is -0.478 e. The molecule has 1 aromatic carbocycles. The predicted molar refractivity (Wildman–Crippen MR) is 75.6 cm³/mol. The summed E-state index contributed by atoms with van der Waals surface area (Å²) < 4.78 is 5.44. The molecule has 1 N–H and O–H groups in total. The molecule has 2 rings (SSSR count). The number of hydrogen-bond acceptors (Lipinski definition) is 5. The summed E-state index contributed by atoms with van der Waals surface area (Å²) in [6, 6.07) is 7.39. The molecular formula is C14H14N2O5. The van der Waals surface area contributed by atoms with Crippen molar-refractivity contribution in [1.82, 2.24) is 0 Å². The van der Waals surface area contributed by atoms with Crippen molar-refractivity contribution in [1.29, 1.82) is 0 Å². The lowest BCUT2D eigenvalue weighted by atomic mass is 10.1. The third-order valence-electron chi connectivity index (χ3n) is 3.02. The van der Waals surface area contributed by atoms with Crippen LogP contribution in [0.1, 0.15) is 21.9 Å². The van der Waals surface area contributed by atoms with Gasteiger partial charge in [-0.15, -0.1) is 0 Å². The highest BCUT2D eigenvalue weighted by molar-refractivity contribution is 5.95. The molecular weight excluding hydrogens is 276 g/mol. The Labute approximate surface area is 120 Å². The van der Waals surface area contributed by atoms with E-state index in [1.54, 1.807) is 18.0 Å². The monoisotopic (exact) mass is 290 g/mol. The second kappa shape index (κ2) is 5.66. The average Bonchev–Trinajstić information content (AvgIpc) is 2.83. The van der Waals surface area contributed by atoms with Gasteiger partial charge in [-0.2, -0.15) is 0 Å². The number of aromatic carboxylic acids is 1. The third-order valence-corrected chi connectivity index (χ3v) is 3.02. The van der Waals surface area contributed by atoms with Gasteiger partial charge in [-0.1, -0.05) is 0 Å². The molecule has 0 radical (unpaired) electrons. The Morgan fingerprint density at radius 3 is 2.62 bits per heavy atom. The van der Waals surface area contributed by atoms with Crippen molar-refractivity contribution >= 4 is 17.3 Å². The summed E-state index contributed by atoms with van der Waals surface area (Å²) in [6.07, 6.45) is 0. The van der Waals surface area contributed by atoms with Crippen molar-refractivity contribution in [2.75, 3.05) is 11.9 Å². The van der Waals surface area contributed by atoms with Crippen molar-refractivity contribution in [2.24, 2.45) is 0 Å². The van der Waals surface area contributed by atoms with E-state index in [0.29, 0.717) is 18.0 Å². The number of furan rings is 1. The van der Waals surface area contributed by atoms with Gasteiger partial charge in [-0.05, 0) is 25.1 Å². The number of anilines is 1. The van der Waals surface area contributed by atoms with Gasteiger partial charge in [-0.3, -0.25) is 10.1 Å². The number of rotatable bonds is 5. The van der Waals surface area contributed by atoms with Crippen LogP contribution in [0.5, 0.6) is 0 Å². The summed E-state index contributed by atoms with van der Waals surface area (Å²) in [4.78, 5) is 23.1. The topological polar surface area (TPSA) is 96.8 Å². The van der Waals surface area contributed by atoms with Gasteiger partial charge in [0.25, 0.3) is 5.69 Å². The van der Waals surface area contributed by atoms with Crippen LogP contribution in [0.3, 0.4) is 0 Å². The Hall–Kier alpha value is -2.83. The van der Waals surface area contributed by atoms with Crippen LogP contribution >= 0.6 is 0 Å². The van der Waals surface area contributed by atoms with Crippen molar-refractivity contribution in [3.63, 3.8) is 0 Å². The predicted octanol–water partition coefficient (Wildman–Crippen LogP) is 2.83. The maximum atomic E-state index is 11.3. The Balaban J connectivity index is 2.33. The molecule has 110 valence electrons. The van der Waals surface area contributed by atoms with Gasteiger partial charge in [-0.25, -0.2) is 4.79 Å². The average molecular weight is 290 g/mol. The van der Waals surface area contributed by atoms with Gasteiger partial charge in [0.15, 0.2) is 0 Å². The summed E-state index contributed by atoms with van der Waals surface area (Å²) in [7, 11) is 1.70. The molecule has 7 nitrogen and oxygen atoms in total. The molecule has 7 heteroatoms. The largest absolute Gasteiger partial charge is 0.478 e. The van der Waals surface area contributed by atoms with E-state index in [4.69, 9.17) is 4.42 Å². The lowest BCUT2D eigenvalue weighted by molar-refractivity contribution is -0.384. The summed E-state index contributed by atoms with van der Waals surface area (Å²) in [5.41, 5.74) is 0.0236. The molecule has 0 atom stereocenters. The van der Waals surface area contributed by atoms with E-state index in [2.05, 4.69) is 0 Å². The number of hydrogen-bond donors (Lipinski definition) is 1. The number of carbonyl (C=O) groups is 1. The van der Waals surface area contributed by atoms with E-state index in [0.717, 1.165) is 11.8 Å². The van der Waals surface area contributed by atoms with Crippen molar-refractivity contribution in [3.05, 3.63) is 57.5 Å². The molecule has 0 unspecified atom stereocenters. The Morgan fingerprint density at radius 2 is 2.10 bits per heavy atom. The zero-order valence-corrected chi connectivity index (χ0v) is 11.6. The molecule has 0 bridgehead atoms. The van der Waals surface area contributed by atoms with Gasteiger partial charge in [0.05, 0.1) is 22.7 Å². The minimum absolute atomic E-state index is 0.116. The molecule has 1 heterocycles. The summed E-state index contributed by atoms with van der Waals surface area (Å²) in [6.45, 7) is 2.18. The first-order chi connectivity index (χ1) is 9.88. The molecule has 0 saturated carbocycles. The Morgan fingerprint density at radius 1 is 1.38 bits per heavy atom. The quantitative estimate of drug-likeness (QED) is 0.671. The van der Waals surface area contributed by atoms with E-state index < -0.39 is 10.9 Å². The summed E-state index contributed by atoms with van der Waals surface area (Å²) in [5, 5.41) is 20.0. The molecule has 0 amide bonds.